The molecule has 2 unspecified atom stereocenters. The average molecular weight is 288 g/mol. The highest BCUT2D eigenvalue weighted by Crippen LogP contribution is 2.23. The van der Waals surface area contributed by atoms with Crippen LogP contribution in [0.3, 0.4) is 0 Å². The van der Waals surface area contributed by atoms with Crippen LogP contribution in [0, 0.1) is 0 Å². The summed E-state index contributed by atoms with van der Waals surface area (Å²) >= 11 is 3.19. The fourth-order valence-corrected chi connectivity index (χ4v) is 2.50. The van der Waals surface area contributed by atoms with Crippen molar-refractivity contribution in [2.24, 2.45) is 0 Å². The molecular weight excluding hydrogens is 274 g/mol. The number of carbonyl (C=O) groups excluding carboxylic acids is 1. The molecule has 1 aliphatic rings. The van der Waals surface area contributed by atoms with Gasteiger partial charge < -0.3 is 14.5 Å². The van der Waals surface area contributed by atoms with Crippen LogP contribution in [0.15, 0.2) is 21.4 Å². The van der Waals surface area contributed by atoms with E-state index in [4.69, 9.17) is 9.15 Å². The largest absolute Gasteiger partial charge is 0.457 e. The maximum absolute atomic E-state index is 11.9. The summed E-state index contributed by atoms with van der Waals surface area (Å²) in [6.45, 7) is 0. The van der Waals surface area contributed by atoms with Gasteiger partial charge in [-0.1, -0.05) is 0 Å². The molecule has 1 saturated carbocycles. The summed E-state index contributed by atoms with van der Waals surface area (Å²) in [6.07, 6.45) is 4.69. The maximum Gasteiger partial charge on any atom is 0.256 e. The highest BCUT2D eigenvalue weighted by Gasteiger charge is 2.29. The number of amides is 1. The van der Waals surface area contributed by atoms with E-state index in [9.17, 15) is 4.79 Å². The van der Waals surface area contributed by atoms with Gasteiger partial charge in [0.1, 0.15) is 0 Å². The number of rotatable bonds is 3. The summed E-state index contributed by atoms with van der Waals surface area (Å²) in [7, 11) is 1.68. The second-order valence-electron chi connectivity index (χ2n) is 3.89. The molecule has 2 atom stereocenters. The molecule has 16 heavy (non-hydrogen) atoms. The third-order valence-electron chi connectivity index (χ3n) is 2.93. The molecule has 1 fully saturated rings. The van der Waals surface area contributed by atoms with Crippen LogP contribution in [-0.2, 0) is 4.74 Å². The first-order valence-electron chi connectivity index (χ1n) is 5.29. The van der Waals surface area contributed by atoms with Crippen LogP contribution in [0.5, 0.6) is 0 Å². The van der Waals surface area contributed by atoms with Crippen LogP contribution in [0.25, 0.3) is 0 Å². The Morgan fingerprint density at radius 1 is 1.62 bits per heavy atom. The first kappa shape index (κ1) is 11.7. The Kier molecular flexibility index (Phi) is 3.66. The summed E-state index contributed by atoms with van der Waals surface area (Å²) in [5, 5.41) is 2.97. The van der Waals surface area contributed by atoms with Gasteiger partial charge >= 0.3 is 0 Å². The monoisotopic (exact) mass is 287 g/mol. The quantitative estimate of drug-likeness (QED) is 0.928. The van der Waals surface area contributed by atoms with E-state index in [1.54, 1.807) is 13.2 Å². The number of hydrogen-bond acceptors (Lipinski definition) is 3. The van der Waals surface area contributed by atoms with E-state index in [1.807, 2.05) is 0 Å². The van der Waals surface area contributed by atoms with Gasteiger partial charge in [-0.05, 0) is 41.3 Å². The molecule has 0 aromatic carbocycles. The van der Waals surface area contributed by atoms with E-state index in [2.05, 4.69) is 21.2 Å². The molecule has 5 heteroatoms. The number of halogens is 1. The van der Waals surface area contributed by atoms with Gasteiger partial charge in [0.25, 0.3) is 5.91 Å². The van der Waals surface area contributed by atoms with Crippen molar-refractivity contribution in [1.29, 1.82) is 0 Å². The molecule has 0 aliphatic heterocycles. The van der Waals surface area contributed by atoms with Crippen molar-refractivity contribution < 1.29 is 13.9 Å². The zero-order valence-corrected chi connectivity index (χ0v) is 10.6. The minimum absolute atomic E-state index is 0.110. The number of furan rings is 1. The van der Waals surface area contributed by atoms with Crippen LogP contribution < -0.4 is 5.32 Å². The molecule has 4 nitrogen and oxygen atoms in total. The van der Waals surface area contributed by atoms with E-state index in [1.165, 1.54) is 6.26 Å². The van der Waals surface area contributed by atoms with Crippen molar-refractivity contribution in [2.75, 3.05) is 7.11 Å². The molecule has 1 aromatic rings. The predicted octanol–water partition coefficient (Wildman–Crippen LogP) is 2.34. The van der Waals surface area contributed by atoms with Gasteiger partial charge in [-0.2, -0.15) is 0 Å². The highest BCUT2D eigenvalue weighted by molar-refractivity contribution is 9.10. The Morgan fingerprint density at radius 3 is 3.06 bits per heavy atom. The summed E-state index contributed by atoms with van der Waals surface area (Å²) in [4.78, 5) is 11.9. The predicted molar refractivity (Wildman–Crippen MR) is 62.3 cm³/mol. The molecule has 88 valence electrons. The van der Waals surface area contributed by atoms with Crippen molar-refractivity contribution >= 4 is 21.8 Å². The van der Waals surface area contributed by atoms with Gasteiger partial charge in [-0.15, -0.1) is 0 Å². The molecule has 1 heterocycles. The van der Waals surface area contributed by atoms with E-state index >= 15 is 0 Å². The maximum atomic E-state index is 11.9. The van der Waals surface area contributed by atoms with Crippen LogP contribution in [0.2, 0.25) is 0 Å². The molecule has 0 bridgehead atoms. The van der Waals surface area contributed by atoms with Crippen LogP contribution in [-0.4, -0.2) is 25.2 Å². The van der Waals surface area contributed by atoms with E-state index < -0.39 is 0 Å². The number of ether oxygens (including phenoxy) is 1. The van der Waals surface area contributed by atoms with E-state index in [-0.39, 0.29) is 18.1 Å². The summed E-state index contributed by atoms with van der Waals surface area (Å²) in [6, 6.07) is 1.76. The lowest BCUT2D eigenvalue weighted by Gasteiger charge is -2.19. The van der Waals surface area contributed by atoms with Crippen LogP contribution in [0.1, 0.15) is 29.6 Å². The van der Waals surface area contributed by atoms with Crippen LogP contribution in [0.4, 0.5) is 0 Å². The molecule has 1 amide bonds. The summed E-state index contributed by atoms with van der Waals surface area (Å²) < 4.78 is 10.8. The Hall–Kier alpha value is -0.810. The lowest BCUT2D eigenvalue weighted by molar-refractivity contribution is 0.0721. The topological polar surface area (TPSA) is 51.5 Å². The van der Waals surface area contributed by atoms with E-state index in [0.29, 0.717) is 10.2 Å². The molecule has 0 radical (unpaired) electrons. The average Bonchev–Trinajstić information content (AvgIpc) is 2.86. The SMILES string of the molecule is COC1CCCC1NC(=O)c1ccoc1Br. The van der Waals surface area contributed by atoms with Crippen LogP contribution >= 0.6 is 15.9 Å². The first-order chi connectivity index (χ1) is 7.72. The van der Waals surface area contributed by atoms with Gasteiger partial charge in [0.2, 0.25) is 0 Å². The van der Waals surface area contributed by atoms with Gasteiger partial charge in [0.15, 0.2) is 4.67 Å². The Bertz CT molecular complexity index is 377. The zero-order valence-electron chi connectivity index (χ0n) is 9.03. The Labute approximate surface area is 102 Å². The second-order valence-corrected chi connectivity index (χ2v) is 4.61. The third kappa shape index (κ3) is 2.30. The van der Waals surface area contributed by atoms with Crippen molar-refractivity contribution in [3.05, 3.63) is 22.6 Å². The smallest absolute Gasteiger partial charge is 0.256 e. The van der Waals surface area contributed by atoms with Gasteiger partial charge in [-0.3, -0.25) is 4.79 Å². The molecule has 1 aliphatic carbocycles. The summed E-state index contributed by atoms with van der Waals surface area (Å²) in [5.74, 6) is -0.116. The number of methoxy groups -OCH3 is 1. The fourth-order valence-electron chi connectivity index (χ4n) is 2.08. The van der Waals surface area contributed by atoms with Gasteiger partial charge in [-0.25, -0.2) is 0 Å². The minimum Gasteiger partial charge on any atom is -0.457 e. The van der Waals surface area contributed by atoms with Gasteiger partial charge in [0.05, 0.1) is 24.0 Å². The summed E-state index contributed by atoms with van der Waals surface area (Å²) in [5.41, 5.74) is 0.529. The zero-order chi connectivity index (χ0) is 11.5. The highest BCUT2D eigenvalue weighted by atomic mass is 79.9. The number of hydrogen-bond donors (Lipinski definition) is 1. The molecular formula is C11H14BrNO3. The van der Waals surface area contributed by atoms with Gasteiger partial charge in [0, 0.05) is 7.11 Å². The van der Waals surface area contributed by atoms with Crippen molar-refractivity contribution in [1.82, 2.24) is 5.32 Å². The third-order valence-corrected chi connectivity index (χ3v) is 3.55. The van der Waals surface area contributed by atoms with Crippen molar-refractivity contribution in [3.8, 4) is 0 Å². The molecule has 2 rings (SSSR count). The molecule has 0 spiro atoms. The molecule has 1 N–H and O–H groups in total. The Morgan fingerprint density at radius 2 is 2.44 bits per heavy atom. The molecule has 1 aromatic heterocycles. The number of nitrogens with one attached hydrogen (secondary N) is 1. The normalized spacial score (nSPS) is 24.6. The fraction of sp³-hybridized carbons (Fsp3) is 0.545. The standard InChI is InChI=1S/C11H14BrNO3/c1-15-9-4-2-3-8(9)13-11(14)7-5-6-16-10(7)12/h5-6,8-9H,2-4H2,1H3,(H,13,14). The Balaban J connectivity index is 2.00. The van der Waals surface area contributed by atoms with Crippen molar-refractivity contribution in [3.63, 3.8) is 0 Å². The van der Waals surface area contributed by atoms with E-state index in [0.717, 1.165) is 19.3 Å². The number of carbonyl (C=O) groups is 1. The minimum atomic E-state index is -0.116. The lowest BCUT2D eigenvalue weighted by atomic mass is 10.2. The first-order valence-corrected chi connectivity index (χ1v) is 6.08. The molecule has 0 saturated heterocycles. The second kappa shape index (κ2) is 5.01. The van der Waals surface area contributed by atoms with Crippen molar-refractivity contribution in [2.45, 2.75) is 31.4 Å². The lowest BCUT2D eigenvalue weighted by Crippen LogP contribution is -2.40.